The van der Waals surface area contributed by atoms with E-state index in [9.17, 15) is 28.8 Å². The Morgan fingerprint density at radius 3 is 2.23 bits per heavy atom. The highest BCUT2D eigenvalue weighted by Gasteiger charge is 2.39. The van der Waals surface area contributed by atoms with Crippen molar-refractivity contribution in [3.63, 3.8) is 0 Å². The number of thiol groups is 1. The van der Waals surface area contributed by atoms with E-state index < -0.39 is 66.1 Å². The third kappa shape index (κ3) is 8.05. The molecule has 9 N–H and O–H groups in total. The molecule has 0 saturated carbocycles. The predicted molar refractivity (Wildman–Crippen MR) is 110 cm³/mol. The Bertz CT molecular complexity index is 734. The summed E-state index contributed by atoms with van der Waals surface area (Å²) in [5, 5.41) is 13.8. The molecule has 1 fully saturated rings. The van der Waals surface area contributed by atoms with Crippen LogP contribution in [0.4, 0.5) is 0 Å². The van der Waals surface area contributed by atoms with E-state index in [1.807, 2.05) is 0 Å². The zero-order valence-corrected chi connectivity index (χ0v) is 17.7. The molecule has 1 aliphatic heterocycles. The Morgan fingerprint density at radius 2 is 1.71 bits per heavy atom. The van der Waals surface area contributed by atoms with Crippen LogP contribution in [0.1, 0.15) is 32.1 Å². The van der Waals surface area contributed by atoms with Crippen molar-refractivity contribution in [2.75, 3.05) is 12.3 Å². The Hall–Kier alpha value is -2.87. The summed E-state index contributed by atoms with van der Waals surface area (Å²) in [7, 11) is 0. The average Bonchev–Trinajstić information content (AvgIpc) is 3.17. The van der Waals surface area contributed by atoms with E-state index in [-0.39, 0.29) is 31.6 Å². The highest BCUT2D eigenvalue weighted by atomic mass is 32.1. The number of carbonyl (C=O) groups excluding carboxylic acids is 5. The summed E-state index contributed by atoms with van der Waals surface area (Å²) < 4.78 is 0. The highest BCUT2D eigenvalue weighted by Crippen LogP contribution is 2.20. The summed E-state index contributed by atoms with van der Waals surface area (Å²) in [6.45, 7) is 0.186. The van der Waals surface area contributed by atoms with Gasteiger partial charge in [-0.05, 0) is 19.3 Å². The lowest BCUT2D eigenvalue weighted by Crippen LogP contribution is -2.57. The summed E-state index contributed by atoms with van der Waals surface area (Å²) in [6.07, 6.45) is -0.0680. The van der Waals surface area contributed by atoms with Gasteiger partial charge in [0.15, 0.2) is 0 Å². The molecule has 1 saturated heterocycles. The topological polar surface area (TPSA) is 228 Å². The molecule has 0 aromatic carbocycles. The summed E-state index contributed by atoms with van der Waals surface area (Å²) >= 11 is 3.88. The number of hydrogen-bond acceptors (Lipinski definition) is 8. The lowest BCUT2D eigenvalue weighted by Gasteiger charge is -2.29. The molecule has 0 aromatic rings. The van der Waals surface area contributed by atoms with Crippen molar-refractivity contribution in [3.05, 3.63) is 0 Å². The fourth-order valence-electron chi connectivity index (χ4n) is 3.09. The van der Waals surface area contributed by atoms with E-state index in [1.54, 1.807) is 0 Å². The van der Waals surface area contributed by atoms with Crippen molar-refractivity contribution in [3.8, 4) is 0 Å². The van der Waals surface area contributed by atoms with Crippen molar-refractivity contribution in [2.45, 2.75) is 56.3 Å². The number of nitrogens with zero attached hydrogens (tertiary/aromatic N) is 1. The molecule has 174 valence electrons. The molecule has 4 unspecified atom stereocenters. The number of hydrogen-bond donors (Lipinski definition) is 7. The molecule has 0 bridgehead atoms. The number of amides is 5. The van der Waals surface area contributed by atoms with Gasteiger partial charge < -0.3 is 37.8 Å². The average molecular weight is 461 g/mol. The molecule has 13 nitrogen and oxygen atoms in total. The fourth-order valence-corrected chi connectivity index (χ4v) is 3.34. The summed E-state index contributed by atoms with van der Waals surface area (Å²) in [4.78, 5) is 72.3. The minimum absolute atomic E-state index is 0.142. The lowest BCUT2D eigenvalue weighted by molar-refractivity contribution is -0.144. The minimum Gasteiger partial charge on any atom is -0.480 e. The van der Waals surface area contributed by atoms with Gasteiger partial charge >= 0.3 is 5.97 Å². The molecule has 31 heavy (non-hydrogen) atoms. The predicted octanol–water partition coefficient (Wildman–Crippen LogP) is -3.57. The summed E-state index contributed by atoms with van der Waals surface area (Å²) in [6, 6.07) is -4.72. The van der Waals surface area contributed by atoms with Crippen LogP contribution in [0.5, 0.6) is 0 Å². The second kappa shape index (κ2) is 12.1. The van der Waals surface area contributed by atoms with Crippen molar-refractivity contribution in [1.82, 2.24) is 15.5 Å². The number of aliphatic carboxylic acids is 1. The van der Waals surface area contributed by atoms with Gasteiger partial charge in [-0.2, -0.15) is 12.6 Å². The third-order valence-electron chi connectivity index (χ3n) is 4.69. The van der Waals surface area contributed by atoms with Crippen LogP contribution in [0.15, 0.2) is 0 Å². The van der Waals surface area contributed by atoms with Crippen LogP contribution >= 0.6 is 12.6 Å². The molecule has 1 rings (SSSR count). The maximum absolute atomic E-state index is 13.1. The Balaban J connectivity index is 2.96. The number of likely N-dealkylation sites (tertiary alicyclic amines) is 1. The van der Waals surface area contributed by atoms with Gasteiger partial charge in [0.25, 0.3) is 0 Å². The highest BCUT2D eigenvalue weighted by molar-refractivity contribution is 7.80. The SMILES string of the molecule is NC(=O)CCC(NC(=O)C(N)CC(N)=O)C(=O)N1CCCC1C(=O)NC(CS)C(=O)O. The lowest BCUT2D eigenvalue weighted by atomic mass is 10.1. The van der Waals surface area contributed by atoms with Gasteiger partial charge in [0.1, 0.15) is 18.1 Å². The summed E-state index contributed by atoms with van der Waals surface area (Å²) in [5.41, 5.74) is 15.7. The number of rotatable bonds is 12. The van der Waals surface area contributed by atoms with Gasteiger partial charge in [-0.3, -0.25) is 24.0 Å². The molecule has 0 aliphatic carbocycles. The normalized spacial score (nSPS) is 18.5. The van der Waals surface area contributed by atoms with E-state index in [0.29, 0.717) is 6.42 Å². The molecule has 1 heterocycles. The second-order valence-electron chi connectivity index (χ2n) is 7.11. The van der Waals surface area contributed by atoms with Crippen LogP contribution < -0.4 is 27.8 Å². The van der Waals surface area contributed by atoms with Crippen molar-refractivity contribution >= 4 is 48.1 Å². The van der Waals surface area contributed by atoms with Crippen LogP contribution in [0.3, 0.4) is 0 Å². The fraction of sp³-hybridized carbons (Fsp3) is 0.647. The molecule has 5 amide bonds. The number of primary amides is 2. The minimum atomic E-state index is -1.30. The van der Waals surface area contributed by atoms with Crippen molar-refractivity contribution < 1.29 is 33.9 Å². The van der Waals surface area contributed by atoms with E-state index in [1.165, 1.54) is 4.90 Å². The van der Waals surface area contributed by atoms with E-state index >= 15 is 0 Å². The Kier molecular flexibility index (Phi) is 10.2. The Morgan fingerprint density at radius 1 is 1.06 bits per heavy atom. The maximum atomic E-state index is 13.1. The first-order chi connectivity index (χ1) is 14.5. The van der Waals surface area contributed by atoms with Gasteiger partial charge in [0, 0.05) is 18.7 Å². The van der Waals surface area contributed by atoms with Gasteiger partial charge in [0.2, 0.25) is 29.5 Å². The number of nitrogens with one attached hydrogen (secondary N) is 2. The first-order valence-corrected chi connectivity index (χ1v) is 10.2. The zero-order chi connectivity index (χ0) is 23.7. The monoisotopic (exact) mass is 460 g/mol. The smallest absolute Gasteiger partial charge is 0.327 e. The Labute approximate surface area is 183 Å². The van der Waals surface area contributed by atoms with Gasteiger partial charge in [-0.15, -0.1) is 0 Å². The first kappa shape index (κ1) is 26.2. The van der Waals surface area contributed by atoms with Crippen LogP contribution in [0.2, 0.25) is 0 Å². The second-order valence-corrected chi connectivity index (χ2v) is 7.48. The molecule has 14 heteroatoms. The van der Waals surface area contributed by atoms with E-state index in [0.717, 1.165) is 0 Å². The van der Waals surface area contributed by atoms with E-state index in [4.69, 9.17) is 22.3 Å². The van der Waals surface area contributed by atoms with Crippen LogP contribution in [-0.4, -0.2) is 82.0 Å². The van der Waals surface area contributed by atoms with Gasteiger partial charge in [-0.1, -0.05) is 0 Å². The molecule has 0 spiro atoms. The number of carboxylic acid groups (broad SMARTS) is 1. The molecule has 4 atom stereocenters. The zero-order valence-electron chi connectivity index (χ0n) is 16.8. The molecule has 0 aromatic heterocycles. The van der Waals surface area contributed by atoms with Gasteiger partial charge in [0.05, 0.1) is 12.5 Å². The number of carboxylic acids is 1. The van der Waals surface area contributed by atoms with Crippen molar-refractivity contribution in [2.24, 2.45) is 17.2 Å². The van der Waals surface area contributed by atoms with Crippen LogP contribution in [0.25, 0.3) is 0 Å². The van der Waals surface area contributed by atoms with Crippen LogP contribution in [0, 0.1) is 0 Å². The molecular formula is C17H28N6O7S. The maximum Gasteiger partial charge on any atom is 0.327 e. The third-order valence-corrected chi connectivity index (χ3v) is 5.05. The molecule has 0 radical (unpaired) electrons. The number of nitrogens with two attached hydrogens (primary N) is 3. The first-order valence-electron chi connectivity index (χ1n) is 9.55. The van der Waals surface area contributed by atoms with Gasteiger partial charge in [-0.25, -0.2) is 4.79 Å². The number of carbonyl (C=O) groups is 6. The quantitative estimate of drug-likeness (QED) is 0.144. The standard InChI is InChI=1S/C17H28N6O7S/c18-8(6-13(20)25)14(26)21-9(3-4-12(19)24)16(28)23-5-1-2-11(23)15(27)22-10(7-31)17(29)30/h8-11,31H,1-7,18H2,(H2,19,24)(H2,20,25)(H,21,26)(H,22,27)(H,29,30). The molecule has 1 aliphatic rings. The summed E-state index contributed by atoms with van der Waals surface area (Å²) in [5.74, 6) is -5.08. The molecular weight excluding hydrogens is 432 g/mol. The van der Waals surface area contributed by atoms with Crippen molar-refractivity contribution in [1.29, 1.82) is 0 Å². The van der Waals surface area contributed by atoms with Crippen LogP contribution in [-0.2, 0) is 28.8 Å². The largest absolute Gasteiger partial charge is 0.480 e. The van der Waals surface area contributed by atoms with E-state index in [2.05, 4.69) is 23.3 Å².